The van der Waals surface area contributed by atoms with Crippen molar-refractivity contribution >= 4 is 17.7 Å². The highest BCUT2D eigenvalue weighted by Gasteiger charge is 2.22. The minimum Gasteiger partial charge on any atom is -0.375 e. The number of benzene rings is 1. The number of hydrogen-bond acceptors (Lipinski definition) is 5. The Hall–Kier alpha value is -1.86. The van der Waals surface area contributed by atoms with E-state index in [9.17, 15) is 4.79 Å². The molecule has 1 aromatic carbocycles. The molecular formula is C17H22N4O2S. The first-order valence-corrected chi connectivity index (χ1v) is 9.08. The molecule has 0 radical (unpaired) electrons. The van der Waals surface area contributed by atoms with Crippen molar-refractivity contribution in [1.29, 1.82) is 0 Å². The van der Waals surface area contributed by atoms with Gasteiger partial charge in [0.05, 0.1) is 25.0 Å². The fraction of sp³-hybridized carbons (Fsp3) is 0.471. The monoisotopic (exact) mass is 346 g/mol. The van der Waals surface area contributed by atoms with Crippen LogP contribution in [0.2, 0.25) is 0 Å². The van der Waals surface area contributed by atoms with Crippen LogP contribution in [0.5, 0.6) is 0 Å². The van der Waals surface area contributed by atoms with Gasteiger partial charge in [-0.25, -0.2) is 0 Å². The Morgan fingerprint density at radius 3 is 2.88 bits per heavy atom. The number of aromatic nitrogens is 3. The molecule has 1 amide bonds. The Morgan fingerprint density at radius 2 is 2.12 bits per heavy atom. The highest BCUT2D eigenvalue weighted by Crippen LogP contribution is 2.19. The van der Waals surface area contributed by atoms with E-state index in [1.807, 2.05) is 36.9 Å². The zero-order valence-corrected chi connectivity index (χ0v) is 14.8. The second kappa shape index (κ2) is 7.81. The number of morpholine rings is 1. The second-order valence-electron chi connectivity index (χ2n) is 5.91. The molecule has 24 heavy (non-hydrogen) atoms. The summed E-state index contributed by atoms with van der Waals surface area (Å²) in [6, 6.07) is 10.2. The average molecular weight is 346 g/mol. The second-order valence-corrected chi connectivity index (χ2v) is 6.85. The van der Waals surface area contributed by atoms with E-state index in [1.165, 1.54) is 17.3 Å². The van der Waals surface area contributed by atoms with Crippen molar-refractivity contribution in [2.24, 2.45) is 0 Å². The molecule has 0 bridgehead atoms. The van der Waals surface area contributed by atoms with Crippen LogP contribution >= 0.6 is 11.8 Å². The van der Waals surface area contributed by atoms with Crippen LogP contribution in [0.1, 0.15) is 18.3 Å². The Bertz CT molecular complexity index is 689. The fourth-order valence-electron chi connectivity index (χ4n) is 2.68. The summed E-state index contributed by atoms with van der Waals surface area (Å²) in [7, 11) is 0. The van der Waals surface area contributed by atoms with Crippen molar-refractivity contribution in [1.82, 2.24) is 19.7 Å². The minimum atomic E-state index is 0.108. The molecule has 1 fully saturated rings. The number of carbonyl (C=O) groups excluding carboxylic acids is 1. The molecule has 1 aromatic heterocycles. The van der Waals surface area contributed by atoms with Gasteiger partial charge >= 0.3 is 0 Å². The Kier molecular flexibility index (Phi) is 5.52. The van der Waals surface area contributed by atoms with Gasteiger partial charge in [-0.2, -0.15) is 0 Å². The molecule has 1 atom stereocenters. The van der Waals surface area contributed by atoms with Crippen LogP contribution in [0, 0.1) is 6.92 Å². The largest absolute Gasteiger partial charge is 0.375 e. The maximum absolute atomic E-state index is 12.4. The van der Waals surface area contributed by atoms with Crippen LogP contribution in [0.4, 0.5) is 0 Å². The molecule has 1 aliphatic rings. The molecule has 0 N–H and O–H groups in total. The first-order valence-electron chi connectivity index (χ1n) is 8.09. The summed E-state index contributed by atoms with van der Waals surface area (Å²) in [5.74, 6) is 1.36. The molecular weight excluding hydrogens is 324 g/mol. The van der Waals surface area contributed by atoms with E-state index in [1.54, 1.807) is 0 Å². The fourth-order valence-corrected chi connectivity index (χ4v) is 3.57. The predicted molar refractivity (Wildman–Crippen MR) is 93.0 cm³/mol. The summed E-state index contributed by atoms with van der Waals surface area (Å²) in [5, 5.41) is 9.17. The number of rotatable bonds is 5. The van der Waals surface area contributed by atoms with E-state index in [4.69, 9.17) is 4.74 Å². The van der Waals surface area contributed by atoms with E-state index in [0.717, 1.165) is 11.0 Å². The number of thioether (sulfide) groups is 1. The molecule has 2 aromatic rings. The van der Waals surface area contributed by atoms with Gasteiger partial charge in [-0.15, -0.1) is 10.2 Å². The molecule has 0 saturated carbocycles. The number of nitrogens with zero attached hydrogens (tertiary/aromatic N) is 4. The van der Waals surface area contributed by atoms with Crippen molar-refractivity contribution in [2.75, 3.05) is 25.4 Å². The van der Waals surface area contributed by atoms with Gasteiger partial charge < -0.3 is 14.2 Å². The first kappa shape index (κ1) is 17.0. The highest BCUT2D eigenvalue weighted by molar-refractivity contribution is 7.99. The zero-order chi connectivity index (χ0) is 16.9. The molecule has 1 saturated heterocycles. The highest BCUT2D eigenvalue weighted by atomic mass is 32.2. The van der Waals surface area contributed by atoms with Gasteiger partial charge in [0.1, 0.15) is 5.82 Å². The van der Waals surface area contributed by atoms with Crippen LogP contribution in [0.3, 0.4) is 0 Å². The quantitative estimate of drug-likeness (QED) is 0.775. The third kappa shape index (κ3) is 4.15. The molecule has 128 valence electrons. The predicted octanol–water partition coefficient (Wildman–Crippen LogP) is 1.97. The van der Waals surface area contributed by atoms with E-state index in [-0.39, 0.29) is 12.0 Å². The Balaban J connectivity index is 1.62. The maximum atomic E-state index is 12.4. The summed E-state index contributed by atoms with van der Waals surface area (Å²) in [5.41, 5.74) is 1.19. The van der Waals surface area contributed by atoms with Gasteiger partial charge in [0.25, 0.3) is 0 Å². The lowest BCUT2D eigenvalue weighted by Crippen LogP contribution is -2.45. The van der Waals surface area contributed by atoms with Crippen LogP contribution in [0.15, 0.2) is 35.5 Å². The van der Waals surface area contributed by atoms with Crippen molar-refractivity contribution in [2.45, 2.75) is 31.7 Å². The number of carbonyl (C=O) groups is 1. The van der Waals surface area contributed by atoms with Gasteiger partial charge in [0.2, 0.25) is 5.91 Å². The summed E-state index contributed by atoms with van der Waals surface area (Å²) < 4.78 is 7.53. The van der Waals surface area contributed by atoms with Crippen molar-refractivity contribution in [3.8, 4) is 0 Å². The maximum Gasteiger partial charge on any atom is 0.233 e. The van der Waals surface area contributed by atoms with Gasteiger partial charge in [0, 0.05) is 13.1 Å². The van der Waals surface area contributed by atoms with E-state index >= 15 is 0 Å². The lowest BCUT2D eigenvalue weighted by Gasteiger charge is -2.31. The number of amides is 1. The Morgan fingerprint density at radius 1 is 1.33 bits per heavy atom. The van der Waals surface area contributed by atoms with E-state index in [0.29, 0.717) is 32.0 Å². The molecule has 7 heteroatoms. The van der Waals surface area contributed by atoms with Gasteiger partial charge in [-0.1, -0.05) is 42.1 Å². The lowest BCUT2D eigenvalue weighted by atomic mass is 10.2. The molecule has 0 spiro atoms. The number of hydrogen-bond donors (Lipinski definition) is 0. The number of ether oxygens (including phenoxy) is 1. The summed E-state index contributed by atoms with van der Waals surface area (Å²) >= 11 is 1.45. The van der Waals surface area contributed by atoms with E-state index in [2.05, 4.69) is 26.9 Å². The normalized spacial score (nSPS) is 17.9. The molecule has 0 aliphatic carbocycles. The molecule has 1 unspecified atom stereocenters. The third-order valence-corrected chi connectivity index (χ3v) is 4.96. The van der Waals surface area contributed by atoms with Crippen molar-refractivity contribution < 1.29 is 9.53 Å². The SMILES string of the molecule is Cc1nnc(SCC(=O)N2CCOC(C)C2)n1Cc1ccccc1. The van der Waals surface area contributed by atoms with Crippen molar-refractivity contribution in [3.63, 3.8) is 0 Å². The Labute approximate surface area is 146 Å². The smallest absolute Gasteiger partial charge is 0.233 e. The summed E-state index contributed by atoms with van der Waals surface area (Å²) in [6.45, 7) is 6.58. The summed E-state index contributed by atoms with van der Waals surface area (Å²) in [6.07, 6.45) is 0.108. The minimum absolute atomic E-state index is 0.108. The van der Waals surface area contributed by atoms with Crippen LogP contribution < -0.4 is 0 Å². The average Bonchev–Trinajstić information content (AvgIpc) is 2.94. The van der Waals surface area contributed by atoms with Gasteiger partial charge in [-0.3, -0.25) is 4.79 Å². The number of aryl methyl sites for hydroxylation is 1. The first-order chi connectivity index (χ1) is 11.6. The standard InChI is InChI=1S/C17H22N4O2S/c1-13-10-20(8-9-23-13)16(22)12-24-17-19-18-14(2)21(17)11-15-6-4-3-5-7-15/h3-7,13H,8-12H2,1-2H3. The lowest BCUT2D eigenvalue weighted by molar-refractivity contribution is -0.135. The zero-order valence-electron chi connectivity index (χ0n) is 14.0. The van der Waals surface area contributed by atoms with E-state index < -0.39 is 0 Å². The molecule has 1 aliphatic heterocycles. The molecule has 2 heterocycles. The van der Waals surface area contributed by atoms with Crippen LogP contribution in [-0.2, 0) is 16.1 Å². The van der Waals surface area contributed by atoms with Gasteiger partial charge in [-0.05, 0) is 19.4 Å². The summed E-state index contributed by atoms with van der Waals surface area (Å²) in [4.78, 5) is 14.3. The molecule has 3 rings (SSSR count). The molecule has 6 nitrogen and oxygen atoms in total. The van der Waals surface area contributed by atoms with Crippen LogP contribution in [0.25, 0.3) is 0 Å². The van der Waals surface area contributed by atoms with Gasteiger partial charge in [0.15, 0.2) is 5.16 Å². The van der Waals surface area contributed by atoms with Crippen LogP contribution in [-0.4, -0.2) is 57.1 Å². The topological polar surface area (TPSA) is 60.3 Å². The third-order valence-electron chi connectivity index (χ3n) is 4.00. The van der Waals surface area contributed by atoms with Crippen molar-refractivity contribution in [3.05, 3.63) is 41.7 Å².